The average molecular weight is 394 g/mol. The van der Waals surface area contributed by atoms with E-state index in [0.717, 1.165) is 17.5 Å². The number of likely N-dealkylation sites (tertiary alicyclic amines) is 1. The van der Waals surface area contributed by atoms with Crippen LogP contribution < -0.4 is 16.2 Å². The van der Waals surface area contributed by atoms with E-state index in [1.54, 1.807) is 11.0 Å². The summed E-state index contributed by atoms with van der Waals surface area (Å²) in [5.74, 6) is -1.02. The van der Waals surface area contributed by atoms with Crippen LogP contribution in [0.1, 0.15) is 34.3 Å². The summed E-state index contributed by atoms with van der Waals surface area (Å²) in [5, 5.41) is 2.84. The first kappa shape index (κ1) is 20.4. The van der Waals surface area contributed by atoms with Gasteiger partial charge in [-0.1, -0.05) is 35.9 Å². The zero-order valence-corrected chi connectivity index (χ0v) is 16.7. The Balaban J connectivity index is 1.52. The zero-order valence-electron chi connectivity index (χ0n) is 16.7. The number of aryl methyl sites for hydroxylation is 2. The number of para-hydroxylation sites is 1. The Bertz CT molecular complexity index is 898. The van der Waals surface area contributed by atoms with Crippen LogP contribution in [0.2, 0.25) is 0 Å². The summed E-state index contributed by atoms with van der Waals surface area (Å²) in [6, 6.07) is 14.5. The number of nitrogens with zero attached hydrogens (tertiary/aromatic N) is 1. The van der Waals surface area contributed by atoms with Crippen LogP contribution in [0.4, 0.5) is 10.5 Å². The molecule has 1 saturated heterocycles. The molecule has 0 radical (unpaired) electrons. The van der Waals surface area contributed by atoms with Crippen molar-refractivity contribution in [1.82, 2.24) is 15.8 Å². The lowest BCUT2D eigenvalue weighted by Gasteiger charge is -2.32. The molecule has 152 valence electrons. The molecule has 1 aliphatic heterocycles. The molecule has 4 amide bonds. The summed E-state index contributed by atoms with van der Waals surface area (Å²) in [6.07, 6.45) is 1.39. The molecule has 2 aromatic rings. The van der Waals surface area contributed by atoms with Gasteiger partial charge in [-0.2, -0.15) is 0 Å². The molecule has 0 aromatic heterocycles. The van der Waals surface area contributed by atoms with Crippen molar-refractivity contribution in [2.75, 3.05) is 18.4 Å². The number of urea groups is 1. The van der Waals surface area contributed by atoms with Crippen LogP contribution >= 0.6 is 0 Å². The Labute approximate surface area is 170 Å². The van der Waals surface area contributed by atoms with E-state index in [4.69, 9.17) is 0 Å². The van der Waals surface area contributed by atoms with Crippen LogP contribution in [-0.2, 0) is 4.79 Å². The zero-order chi connectivity index (χ0) is 20.8. The Morgan fingerprint density at radius 1 is 1.00 bits per heavy atom. The molecule has 0 spiro atoms. The van der Waals surface area contributed by atoms with Crippen LogP contribution in [0, 0.1) is 19.8 Å². The standard InChI is InChI=1S/C22H26N4O3/c1-15-10-11-19(16(2)13-15)21(28)25-24-20(27)17-7-6-12-26(14-17)22(29)23-18-8-4-3-5-9-18/h3-5,8-11,13,17H,6-7,12,14H2,1-2H3,(H,23,29)(H,24,27)(H,25,28)/t17-/m1/s1. The number of anilines is 1. The van der Waals surface area contributed by atoms with Gasteiger partial charge in [0.05, 0.1) is 5.92 Å². The van der Waals surface area contributed by atoms with E-state index >= 15 is 0 Å². The van der Waals surface area contributed by atoms with E-state index in [1.807, 2.05) is 56.3 Å². The fraction of sp³-hybridized carbons (Fsp3) is 0.318. The Hall–Kier alpha value is -3.35. The summed E-state index contributed by atoms with van der Waals surface area (Å²) in [5.41, 5.74) is 8.13. The smallest absolute Gasteiger partial charge is 0.321 e. The highest BCUT2D eigenvalue weighted by Crippen LogP contribution is 2.18. The van der Waals surface area contributed by atoms with Crippen LogP contribution in [0.3, 0.4) is 0 Å². The second kappa shape index (κ2) is 9.23. The maximum absolute atomic E-state index is 12.5. The lowest BCUT2D eigenvalue weighted by Crippen LogP contribution is -2.50. The van der Waals surface area contributed by atoms with Gasteiger partial charge in [0.2, 0.25) is 5.91 Å². The van der Waals surface area contributed by atoms with Crippen molar-refractivity contribution in [3.05, 3.63) is 65.2 Å². The van der Waals surface area contributed by atoms with Crippen molar-refractivity contribution in [3.63, 3.8) is 0 Å². The number of amides is 4. The average Bonchev–Trinajstić information content (AvgIpc) is 2.72. The highest BCUT2D eigenvalue weighted by molar-refractivity contribution is 5.97. The van der Waals surface area contributed by atoms with E-state index in [2.05, 4.69) is 16.2 Å². The number of benzene rings is 2. The molecule has 0 saturated carbocycles. The molecular formula is C22H26N4O3. The molecule has 1 heterocycles. The van der Waals surface area contributed by atoms with Crippen molar-refractivity contribution in [1.29, 1.82) is 0 Å². The highest BCUT2D eigenvalue weighted by Gasteiger charge is 2.28. The minimum atomic E-state index is -0.371. The molecule has 29 heavy (non-hydrogen) atoms. The lowest BCUT2D eigenvalue weighted by atomic mass is 9.97. The first-order valence-electron chi connectivity index (χ1n) is 9.72. The van der Waals surface area contributed by atoms with Gasteiger partial charge in [0.1, 0.15) is 0 Å². The van der Waals surface area contributed by atoms with Gasteiger partial charge >= 0.3 is 6.03 Å². The molecule has 3 rings (SSSR count). The Morgan fingerprint density at radius 3 is 2.48 bits per heavy atom. The van der Waals surface area contributed by atoms with Gasteiger partial charge in [-0.3, -0.25) is 20.4 Å². The molecule has 2 aromatic carbocycles. The maximum atomic E-state index is 12.5. The molecule has 1 aliphatic rings. The summed E-state index contributed by atoms with van der Waals surface area (Å²) in [6.45, 7) is 4.72. The van der Waals surface area contributed by atoms with E-state index in [-0.39, 0.29) is 23.8 Å². The number of nitrogens with one attached hydrogen (secondary N) is 3. The predicted molar refractivity (Wildman–Crippen MR) is 111 cm³/mol. The molecule has 1 atom stereocenters. The molecule has 3 N–H and O–H groups in total. The fourth-order valence-electron chi connectivity index (χ4n) is 3.46. The van der Waals surface area contributed by atoms with Crippen molar-refractivity contribution < 1.29 is 14.4 Å². The van der Waals surface area contributed by atoms with Gasteiger partial charge in [-0.15, -0.1) is 0 Å². The number of carbonyl (C=O) groups excluding carboxylic acids is 3. The normalized spacial score (nSPS) is 16.1. The number of piperidine rings is 1. The van der Waals surface area contributed by atoms with E-state index < -0.39 is 0 Å². The quantitative estimate of drug-likeness (QED) is 0.699. The summed E-state index contributed by atoms with van der Waals surface area (Å²) in [4.78, 5) is 39.0. The maximum Gasteiger partial charge on any atom is 0.321 e. The first-order chi connectivity index (χ1) is 13.9. The number of rotatable bonds is 3. The van der Waals surface area contributed by atoms with Crippen molar-refractivity contribution >= 4 is 23.5 Å². The predicted octanol–water partition coefficient (Wildman–Crippen LogP) is 3.01. The van der Waals surface area contributed by atoms with E-state index in [9.17, 15) is 14.4 Å². The molecule has 7 nitrogen and oxygen atoms in total. The monoisotopic (exact) mass is 394 g/mol. The highest BCUT2D eigenvalue weighted by atomic mass is 16.2. The number of hydrogen-bond acceptors (Lipinski definition) is 3. The second-order valence-electron chi connectivity index (χ2n) is 7.34. The van der Waals surface area contributed by atoms with E-state index in [0.29, 0.717) is 30.8 Å². The number of carbonyl (C=O) groups is 3. The summed E-state index contributed by atoms with van der Waals surface area (Å²) < 4.78 is 0. The van der Waals surface area contributed by atoms with Crippen LogP contribution in [-0.4, -0.2) is 35.8 Å². The third-order valence-corrected chi connectivity index (χ3v) is 5.03. The van der Waals surface area contributed by atoms with Gasteiger partial charge < -0.3 is 10.2 Å². The summed E-state index contributed by atoms with van der Waals surface area (Å²) >= 11 is 0. The number of hydrogen-bond donors (Lipinski definition) is 3. The van der Waals surface area contributed by atoms with Gasteiger partial charge in [-0.05, 0) is 50.5 Å². The molecular weight excluding hydrogens is 368 g/mol. The third kappa shape index (κ3) is 5.34. The Kier molecular flexibility index (Phi) is 6.49. The topological polar surface area (TPSA) is 90.5 Å². The molecule has 0 aliphatic carbocycles. The largest absolute Gasteiger partial charge is 0.324 e. The SMILES string of the molecule is Cc1ccc(C(=O)NNC(=O)[C@@H]2CCCN(C(=O)Nc3ccccc3)C2)c(C)c1. The fourth-order valence-corrected chi connectivity index (χ4v) is 3.46. The van der Waals surface area contributed by atoms with E-state index in [1.165, 1.54) is 0 Å². The van der Waals surface area contributed by atoms with Crippen molar-refractivity contribution in [3.8, 4) is 0 Å². The Morgan fingerprint density at radius 2 is 1.76 bits per heavy atom. The minimum absolute atomic E-state index is 0.229. The van der Waals surface area contributed by atoms with Gasteiger partial charge in [-0.25, -0.2) is 4.79 Å². The lowest BCUT2D eigenvalue weighted by molar-refractivity contribution is -0.127. The third-order valence-electron chi connectivity index (χ3n) is 5.03. The minimum Gasteiger partial charge on any atom is -0.324 e. The van der Waals surface area contributed by atoms with Crippen LogP contribution in [0.5, 0.6) is 0 Å². The van der Waals surface area contributed by atoms with Gasteiger partial charge in [0, 0.05) is 24.3 Å². The summed E-state index contributed by atoms with van der Waals surface area (Å²) in [7, 11) is 0. The van der Waals surface area contributed by atoms with Crippen LogP contribution in [0.15, 0.2) is 48.5 Å². The molecule has 1 fully saturated rings. The van der Waals surface area contributed by atoms with Crippen LogP contribution in [0.25, 0.3) is 0 Å². The second-order valence-corrected chi connectivity index (χ2v) is 7.34. The molecule has 7 heteroatoms. The molecule has 0 unspecified atom stereocenters. The molecule has 0 bridgehead atoms. The van der Waals surface area contributed by atoms with Crippen molar-refractivity contribution in [2.45, 2.75) is 26.7 Å². The first-order valence-corrected chi connectivity index (χ1v) is 9.72. The van der Waals surface area contributed by atoms with Crippen molar-refractivity contribution in [2.24, 2.45) is 5.92 Å². The van der Waals surface area contributed by atoms with Gasteiger partial charge in [0.15, 0.2) is 0 Å². The van der Waals surface area contributed by atoms with Gasteiger partial charge in [0.25, 0.3) is 5.91 Å². The number of hydrazine groups is 1.